The fourth-order valence-corrected chi connectivity index (χ4v) is 2.50. The van der Waals surface area contributed by atoms with Crippen LogP contribution in [0.25, 0.3) is 0 Å². The fourth-order valence-electron chi connectivity index (χ4n) is 0.620. The van der Waals surface area contributed by atoms with Crippen LogP contribution in [0.1, 0.15) is 34.1 Å². The largest absolute Gasteiger partial charge is 0.216 e. The van der Waals surface area contributed by atoms with Crippen LogP contribution in [0.3, 0.4) is 0 Å². The second-order valence-corrected chi connectivity index (χ2v) is 7.11. The third kappa shape index (κ3) is 3.95. The molecule has 0 bridgehead atoms. The van der Waals surface area contributed by atoms with E-state index in [4.69, 9.17) is 0 Å². The van der Waals surface area contributed by atoms with Gasteiger partial charge in [0.1, 0.15) is 0 Å². The van der Waals surface area contributed by atoms with Gasteiger partial charge in [-0.1, -0.05) is 22.9 Å². The van der Waals surface area contributed by atoms with E-state index in [0.717, 1.165) is 6.42 Å². The van der Waals surface area contributed by atoms with Crippen molar-refractivity contribution in [1.82, 2.24) is 4.72 Å². The van der Waals surface area contributed by atoms with Gasteiger partial charge in [0.05, 0.1) is 4.75 Å². The predicted molar refractivity (Wildman–Crippen MR) is 59.7 cm³/mol. The fraction of sp³-hybridized carbons (Fsp3) is 1.00. The van der Waals surface area contributed by atoms with Crippen LogP contribution < -0.4 is 4.72 Å². The first-order valence-corrected chi connectivity index (χ1v) is 6.93. The lowest BCUT2D eigenvalue weighted by Crippen LogP contribution is -2.45. The highest BCUT2D eigenvalue weighted by atomic mass is 79.9. The molecule has 0 saturated heterocycles. The average Bonchev–Trinajstić information content (AvgIpc) is 1.98. The van der Waals surface area contributed by atoms with Crippen molar-refractivity contribution < 1.29 is 8.42 Å². The minimum Gasteiger partial charge on any atom is -0.212 e. The maximum atomic E-state index is 11.6. The molecule has 0 aliphatic heterocycles. The monoisotopic (exact) mass is 271 g/mol. The van der Waals surface area contributed by atoms with Gasteiger partial charge in [0.2, 0.25) is 10.0 Å². The first-order chi connectivity index (χ1) is 5.74. The first-order valence-electron chi connectivity index (χ1n) is 4.32. The van der Waals surface area contributed by atoms with Crippen molar-refractivity contribution in [2.75, 3.05) is 5.33 Å². The van der Waals surface area contributed by atoms with Crippen LogP contribution in [0.2, 0.25) is 0 Å². The van der Waals surface area contributed by atoms with Gasteiger partial charge in [-0.3, -0.25) is 0 Å². The molecule has 0 aromatic heterocycles. The summed E-state index contributed by atoms with van der Waals surface area (Å²) < 4.78 is 25.2. The molecule has 0 aromatic rings. The number of nitrogens with one attached hydrogen (secondary N) is 1. The molecule has 80 valence electrons. The van der Waals surface area contributed by atoms with E-state index >= 15 is 0 Å². The maximum Gasteiger partial charge on any atom is 0.216 e. The van der Waals surface area contributed by atoms with E-state index in [1.165, 1.54) is 0 Å². The van der Waals surface area contributed by atoms with Crippen molar-refractivity contribution in [2.45, 2.75) is 44.9 Å². The van der Waals surface area contributed by atoms with Gasteiger partial charge in [-0.15, -0.1) is 0 Å². The Hall–Kier alpha value is 0.390. The highest BCUT2D eigenvalue weighted by molar-refractivity contribution is 9.09. The molecular weight excluding hydrogens is 254 g/mol. The minimum atomic E-state index is -3.20. The van der Waals surface area contributed by atoms with Gasteiger partial charge in [0.25, 0.3) is 0 Å². The van der Waals surface area contributed by atoms with Crippen LogP contribution in [0.4, 0.5) is 0 Å². The highest BCUT2D eigenvalue weighted by Crippen LogP contribution is 2.14. The lowest BCUT2D eigenvalue weighted by molar-refractivity contribution is 0.526. The van der Waals surface area contributed by atoms with E-state index < -0.39 is 14.8 Å². The molecule has 0 aliphatic rings. The van der Waals surface area contributed by atoms with Crippen molar-refractivity contribution in [3.63, 3.8) is 0 Å². The van der Waals surface area contributed by atoms with Crippen molar-refractivity contribution >= 4 is 26.0 Å². The van der Waals surface area contributed by atoms with E-state index in [1.807, 2.05) is 6.92 Å². The molecule has 5 heteroatoms. The molecule has 1 atom stereocenters. The summed E-state index contributed by atoms with van der Waals surface area (Å²) in [6.45, 7) is 7.03. The lowest BCUT2D eigenvalue weighted by Gasteiger charge is -2.23. The molecule has 0 radical (unpaired) electrons. The molecule has 13 heavy (non-hydrogen) atoms. The van der Waals surface area contributed by atoms with E-state index in [9.17, 15) is 8.42 Å². The summed E-state index contributed by atoms with van der Waals surface area (Å²) in [6.07, 6.45) is 0.792. The van der Waals surface area contributed by atoms with Crippen LogP contribution in [0.15, 0.2) is 0 Å². The van der Waals surface area contributed by atoms with Gasteiger partial charge in [0, 0.05) is 11.4 Å². The molecule has 0 saturated carbocycles. The normalized spacial score (nSPS) is 15.8. The van der Waals surface area contributed by atoms with Gasteiger partial charge in [-0.25, -0.2) is 13.1 Å². The second kappa shape index (κ2) is 4.75. The Morgan fingerprint density at radius 2 is 1.85 bits per heavy atom. The molecule has 0 heterocycles. The van der Waals surface area contributed by atoms with Crippen molar-refractivity contribution in [2.24, 2.45) is 0 Å². The minimum absolute atomic E-state index is 0.00998. The Morgan fingerprint density at radius 3 is 2.08 bits per heavy atom. The summed E-state index contributed by atoms with van der Waals surface area (Å²) in [5.74, 6) is 0. The Labute approximate surface area is 89.5 Å². The highest BCUT2D eigenvalue weighted by Gasteiger charge is 2.30. The summed E-state index contributed by atoms with van der Waals surface area (Å²) in [7, 11) is -3.20. The van der Waals surface area contributed by atoms with Crippen LogP contribution in [0.5, 0.6) is 0 Å². The third-order valence-corrected chi connectivity index (χ3v) is 4.84. The number of hydrogen-bond donors (Lipinski definition) is 1. The lowest BCUT2D eigenvalue weighted by atomic mass is 10.3. The zero-order valence-corrected chi connectivity index (χ0v) is 11.0. The van der Waals surface area contributed by atoms with Gasteiger partial charge < -0.3 is 0 Å². The quantitative estimate of drug-likeness (QED) is 0.794. The first kappa shape index (κ1) is 13.4. The summed E-state index contributed by atoms with van der Waals surface area (Å²) in [6, 6.07) is -0.00998. The zero-order chi connectivity index (χ0) is 10.7. The van der Waals surface area contributed by atoms with E-state index in [0.29, 0.717) is 5.33 Å². The Bertz CT molecular complexity index is 239. The molecule has 3 nitrogen and oxygen atoms in total. The molecule has 0 aromatic carbocycles. The topological polar surface area (TPSA) is 46.2 Å². The maximum absolute atomic E-state index is 11.6. The average molecular weight is 272 g/mol. The van der Waals surface area contributed by atoms with Gasteiger partial charge >= 0.3 is 0 Å². The summed E-state index contributed by atoms with van der Waals surface area (Å²) in [4.78, 5) is 0. The van der Waals surface area contributed by atoms with Crippen LogP contribution in [-0.2, 0) is 10.0 Å². The number of alkyl halides is 1. The second-order valence-electron chi connectivity index (χ2n) is 3.99. The predicted octanol–water partition coefficient (Wildman–Crippen LogP) is 1.88. The molecule has 1 unspecified atom stereocenters. The van der Waals surface area contributed by atoms with Crippen molar-refractivity contribution in [3.05, 3.63) is 0 Å². The number of halogens is 1. The molecule has 0 amide bonds. The van der Waals surface area contributed by atoms with Crippen molar-refractivity contribution in [1.29, 1.82) is 0 Å². The molecular formula is C8H18BrNO2S. The molecule has 0 aliphatic carbocycles. The number of sulfonamides is 1. The third-order valence-electron chi connectivity index (χ3n) is 1.81. The summed E-state index contributed by atoms with van der Waals surface area (Å²) >= 11 is 3.27. The summed E-state index contributed by atoms with van der Waals surface area (Å²) in [5.41, 5.74) is 0. The van der Waals surface area contributed by atoms with Crippen molar-refractivity contribution in [3.8, 4) is 0 Å². The molecule has 0 fully saturated rings. The Morgan fingerprint density at radius 1 is 1.38 bits per heavy atom. The van der Waals surface area contributed by atoms with Gasteiger partial charge in [0.15, 0.2) is 0 Å². The SMILES string of the molecule is CCC(CBr)NS(=O)(=O)C(C)(C)C. The van der Waals surface area contributed by atoms with E-state index in [-0.39, 0.29) is 6.04 Å². The number of rotatable bonds is 4. The van der Waals surface area contributed by atoms with Gasteiger partial charge in [-0.2, -0.15) is 0 Å². The Balaban J connectivity index is 4.52. The standard InChI is InChI=1S/C8H18BrNO2S/c1-5-7(6-9)10-13(11,12)8(2,3)4/h7,10H,5-6H2,1-4H3. The van der Waals surface area contributed by atoms with Crippen LogP contribution in [0, 0.1) is 0 Å². The van der Waals surface area contributed by atoms with E-state index in [2.05, 4.69) is 20.7 Å². The van der Waals surface area contributed by atoms with Crippen LogP contribution >= 0.6 is 15.9 Å². The number of hydrogen-bond acceptors (Lipinski definition) is 2. The van der Waals surface area contributed by atoms with E-state index in [1.54, 1.807) is 20.8 Å². The molecule has 0 rings (SSSR count). The Kier molecular flexibility index (Phi) is 4.90. The molecule has 1 N–H and O–H groups in total. The zero-order valence-electron chi connectivity index (χ0n) is 8.59. The smallest absolute Gasteiger partial charge is 0.212 e. The summed E-state index contributed by atoms with van der Waals surface area (Å²) in [5, 5.41) is 0.652. The molecule has 0 spiro atoms. The van der Waals surface area contributed by atoms with Gasteiger partial charge in [-0.05, 0) is 27.2 Å². The van der Waals surface area contributed by atoms with Crippen LogP contribution in [-0.4, -0.2) is 24.5 Å².